The number of hydrazine groups is 1. The van der Waals surface area contributed by atoms with E-state index in [0.29, 0.717) is 17.2 Å². The Morgan fingerprint density at radius 2 is 2.03 bits per heavy atom. The summed E-state index contributed by atoms with van der Waals surface area (Å²) >= 11 is 0. The maximum atomic E-state index is 12.9. The van der Waals surface area contributed by atoms with Crippen LogP contribution in [0, 0.1) is 22.7 Å². The van der Waals surface area contributed by atoms with Crippen molar-refractivity contribution >= 4 is 23.8 Å². The lowest BCUT2D eigenvalue weighted by molar-refractivity contribution is 0.102. The molecule has 1 fully saturated rings. The van der Waals surface area contributed by atoms with Crippen LogP contribution in [0.3, 0.4) is 0 Å². The Kier molecular flexibility index (Phi) is 6.94. The fraction of sp³-hybridized carbons (Fsp3) is 0.192. The van der Waals surface area contributed by atoms with Crippen molar-refractivity contribution in [2.75, 3.05) is 11.9 Å². The molecule has 0 spiro atoms. The summed E-state index contributed by atoms with van der Waals surface area (Å²) < 4.78 is 0. The van der Waals surface area contributed by atoms with E-state index in [4.69, 9.17) is 10.8 Å². The van der Waals surface area contributed by atoms with Gasteiger partial charge in [-0.3, -0.25) is 36.0 Å². The lowest BCUT2D eigenvalue weighted by Crippen LogP contribution is -2.42. The number of rotatable bonds is 8. The molecule has 1 aliphatic carbocycles. The third-order valence-corrected chi connectivity index (χ3v) is 5.41. The largest absolute Gasteiger partial charge is 0.321 e. The summed E-state index contributed by atoms with van der Waals surface area (Å²) in [5.41, 5.74) is 6.99. The molecule has 3 aromatic rings. The van der Waals surface area contributed by atoms with Crippen molar-refractivity contribution in [1.29, 1.82) is 10.8 Å². The number of anilines is 1. The van der Waals surface area contributed by atoms with E-state index in [-0.39, 0.29) is 24.0 Å². The summed E-state index contributed by atoms with van der Waals surface area (Å²) in [7, 11) is 0. The number of nitrogens with zero attached hydrogens (tertiary/aromatic N) is 3. The minimum Gasteiger partial charge on any atom is -0.321 e. The summed E-state index contributed by atoms with van der Waals surface area (Å²) in [5.74, 6) is 6.02. The van der Waals surface area contributed by atoms with Gasteiger partial charge in [-0.1, -0.05) is 24.1 Å². The predicted octanol–water partition coefficient (Wildman–Crippen LogP) is 4.04. The van der Waals surface area contributed by atoms with Crippen molar-refractivity contribution in [2.45, 2.75) is 25.7 Å². The monoisotopic (exact) mass is 451 g/mol. The van der Waals surface area contributed by atoms with Crippen LogP contribution in [0.2, 0.25) is 0 Å². The molecule has 0 saturated heterocycles. The Morgan fingerprint density at radius 1 is 1.18 bits per heavy atom. The molecule has 8 heteroatoms. The summed E-state index contributed by atoms with van der Waals surface area (Å²) in [5, 5.41) is 20.0. The molecule has 1 amide bonds. The molecule has 170 valence electrons. The summed E-state index contributed by atoms with van der Waals surface area (Å²) in [6.07, 6.45) is 6.86. The van der Waals surface area contributed by atoms with Crippen LogP contribution < -0.4 is 10.7 Å². The van der Waals surface area contributed by atoms with Gasteiger partial charge in [-0.05, 0) is 55.7 Å². The van der Waals surface area contributed by atoms with Gasteiger partial charge in [0, 0.05) is 40.8 Å². The maximum absolute atomic E-state index is 12.9. The van der Waals surface area contributed by atoms with Crippen molar-refractivity contribution in [1.82, 2.24) is 20.4 Å². The maximum Gasteiger partial charge on any atom is 0.274 e. The smallest absolute Gasteiger partial charge is 0.274 e. The number of aromatic nitrogens is 2. The van der Waals surface area contributed by atoms with Crippen LogP contribution in [0.4, 0.5) is 5.69 Å². The van der Waals surface area contributed by atoms with E-state index in [1.165, 1.54) is 17.9 Å². The quantitative estimate of drug-likeness (QED) is 0.178. The first-order valence-electron chi connectivity index (χ1n) is 10.9. The van der Waals surface area contributed by atoms with Crippen molar-refractivity contribution in [3.8, 4) is 23.0 Å². The molecule has 2 heterocycles. The molecule has 1 aliphatic rings. The van der Waals surface area contributed by atoms with Gasteiger partial charge in [-0.2, -0.15) is 0 Å². The Balaban J connectivity index is 1.48. The fourth-order valence-corrected chi connectivity index (χ4v) is 3.45. The first kappa shape index (κ1) is 22.7. The average Bonchev–Trinajstić information content (AvgIpc) is 3.72. The van der Waals surface area contributed by atoms with E-state index in [0.717, 1.165) is 23.2 Å². The number of pyridine rings is 2. The van der Waals surface area contributed by atoms with Crippen molar-refractivity contribution in [3.05, 3.63) is 77.9 Å². The zero-order valence-electron chi connectivity index (χ0n) is 18.8. The van der Waals surface area contributed by atoms with E-state index in [1.54, 1.807) is 43.5 Å². The van der Waals surface area contributed by atoms with Crippen molar-refractivity contribution < 1.29 is 4.79 Å². The number of nitrogens with one attached hydrogen (secondary N) is 4. The van der Waals surface area contributed by atoms with Crippen LogP contribution in [0.5, 0.6) is 0 Å². The molecule has 0 atom stereocenters. The van der Waals surface area contributed by atoms with E-state index in [1.807, 2.05) is 18.3 Å². The summed E-state index contributed by atoms with van der Waals surface area (Å²) in [4.78, 5) is 21.7. The Hall–Kier alpha value is -4.51. The molecule has 2 aromatic heterocycles. The van der Waals surface area contributed by atoms with Gasteiger partial charge >= 0.3 is 0 Å². The van der Waals surface area contributed by atoms with Gasteiger partial charge < -0.3 is 5.32 Å². The predicted molar refractivity (Wildman–Crippen MR) is 133 cm³/mol. The molecule has 1 saturated carbocycles. The normalized spacial score (nSPS) is 12.1. The molecule has 0 aliphatic heterocycles. The number of amides is 1. The van der Waals surface area contributed by atoms with Crippen molar-refractivity contribution in [2.24, 2.45) is 0 Å². The third-order valence-electron chi connectivity index (χ3n) is 5.41. The zero-order valence-corrected chi connectivity index (χ0v) is 18.8. The number of benzene rings is 1. The highest BCUT2D eigenvalue weighted by Gasteiger charge is 2.24. The molecule has 0 radical (unpaired) electrons. The molecule has 4 N–H and O–H groups in total. The van der Waals surface area contributed by atoms with Crippen molar-refractivity contribution in [3.63, 3.8) is 0 Å². The van der Waals surface area contributed by atoms with Gasteiger partial charge in [0.25, 0.3) is 5.91 Å². The average molecular weight is 452 g/mol. The number of amidine groups is 1. The number of hydrogen-bond acceptors (Lipinski definition) is 5. The highest BCUT2D eigenvalue weighted by molar-refractivity contribution is 6.04. The summed E-state index contributed by atoms with van der Waals surface area (Å²) in [6.45, 7) is 1.96. The number of hydrogen-bond donors (Lipinski definition) is 4. The van der Waals surface area contributed by atoms with E-state index in [9.17, 15) is 4.79 Å². The first-order valence-corrected chi connectivity index (χ1v) is 10.9. The van der Waals surface area contributed by atoms with Crippen LogP contribution in [0.1, 0.15) is 47.4 Å². The van der Waals surface area contributed by atoms with E-state index >= 15 is 0 Å². The summed E-state index contributed by atoms with van der Waals surface area (Å²) in [6, 6.07) is 14.6. The van der Waals surface area contributed by atoms with Crippen LogP contribution in [-0.4, -0.2) is 39.6 Å². The molecule has 4 rings (SSSR count). The second kappa shape index (κ2) is 10.4. The number of carbonyl (C=O) groups excluding carboxylic acids is 1. The van der Waals surface area contributed by atoms with E-state index < -0.39 is 0 Å². The van der Waals surface area contributed by atoms with Gasteiger partial charge in [0.05, 0.1) is 6.34 Å². The van der Waals surface area contributed by atoms with E-state index in [2.05, 4.69) is 38.6 Å². The second-order valence-electron chi connectivity index (χ2n) is 7.85. The van der Waals surface area contributed by atoms with Crippen LogP contribution in [0.15, 0.2) is 60.9 Å². The third kappa shape index (κ3) is 5.45. The zero-order chi connectivity index (χ0) is 23.9. The Labute approximate surface area is 198 Å². The highest BCUT2D eigenvalue weighted by Crippen LogP contribution is 2.39. The van der Waals surface area contributed by atoms with Gasteiger partial charge in [0.1, 0.15) is 18.1 Å². The second-order valence-corrected chi connectivity index (χ2v) is 7.85. The Morgan fingerprint density at radius 3 is 2.74 bits per heavy atom. The minimum atomic E-state index is -0.348. The standard InChI is InChI=1S/C26H25N7O/c1-2-3-13-33(31-17-27)25(28)20-5-4-6-22(14-20)32-26(34)24-15-19(11-12-29-24)21-9-10-23(30-16-21)18-7-8-18/h4-6,9-12,14-18,28H,7-8,13H2,1H3,(H2,27,31)(H,32,34). The SMILES string of the molecule is CC#CCN(NC=N)C(=N)c1cccc(NC(=O)c2cc(-c3ccc(C4CC4)nc3)ccn2)c1. The molecule has 0 bridgehead atoms. The van der Waals surface area contributed by atoms with Crippen LogP contribution in [0.25, 0.3) is 11.1 Å². The highest BCUT2D eigenvalue weighted by atomic mass is 16.1. The van der Waals surface area contributed by atoms with Crippen LogP contribution in [-0.2, 0) is 0 Å². The molecule has 0 unspecified atom stereocenters. The first-order chi connectivity index (χ1) is 16.6. The van der Waals surface area contributed by atoms with Gasteiger partial charge in [0.15, 0.2) is 0 Å². The van der Waals surface area contributed by atoms with Gasteiger partial charge in [-0.15, -0.1) is 5.92 Å². The van der Waals surface area contributed by atoms with Gasteiger partial charge in [-0.25, -0.2) is 0 Å². The Bertz CT molecular complexity index is 1270. The van der Waals surface area contributed by atoms with Crippen LogP contribution >= 0.6 is 0 Å². The molecule has 8 nitrogen and oxygen atoms in total. The molecular weight excluding hydrogens is 426 g/mol. The fourth-order valence-electron chi connectivity index (χ4n) is 3.45. The molecule has 1 aromatic carbocycles. The topological polar surface area (TPSA) is 118 Å². The number of carbonyl (C=O) groups is 1. The lowest BCUT2D eigenvalue weighted by atomic mass is 10.1. The minimum absolute atomic E-state index is 0.129. The lowest BCUT2D eigenvalue weighted by Gasteiger charge is -2.22. The molecular formula is C26H25N7O. The van der Waals surface area contributed by atoms with Gasteiger partial charge in [0.2, 0.25) is 0 Å². The molecule has 34 heavy (non-hydrogen) atoms.